The molecule has 2 unspecified atom stereocenters. The fourth-order valence-electron chi connectivity index (χ4n) is 2.70. The summed E-state index contributed by atoms with van der Waals surface area (Å²) in [4.78, 5) is 4.12. The molecule has 4 nitrogen and oxygen atoms in total. The zero-order valence-electron chi connectivity index (χ0n) is 15.6. The van der Waals surface area contributed by atoms with Crippen LogP contribution in [0.3, 0.4) is 0 Å². The molecule has 2 aromatic rings. The van der Waals surface area contributed by atoms with Crippen molar-refractivity contribution in [3.05, 3.63) is 63.9 Å². The highest BCUT2D eigenvalue weighted by Gasteiger charge is 2.36. The highest BCUT2D eigenvalue weighted by atomic mass is 35.5. The van der Waals surface area contributed by atoms with Gasteiger partial charge in [-0.2, -0.15) is 0 Å². The molecule has 6 heteroatoms. The zero-order chi connectivity index (χ0) is 19.9. The molecule has 0 aliphatic rings. The van der Waals surface area contributed by atoms with Crippen LogP contribution < -0.4 is 0 Å². The van der Waals surface area contributed by atoms with E-state index < -0.39 is 17.8 Å². The summed E-state index contributed by atoms with van der Waals surface area (Å²) in [6.45, 7) is 6.47. The lowest BCUT2D eigenvalue weighted by atomic mass is 9.79. The van der Waals surface area contributed by atoms with Crippen LogP contribution in [0, 0.1) is 11.8 Å². The van der Waals surface area contributed by atoms with Gasteiger partial charge in [-0.1, -0.05) is 48.2 Å². The Morgan fingerprint density at radius 3 is 2.44 bits per heavy atom. The first-order valence-corrected chi connectivity index (χ1v) is 9.51. The van der Waals surface area contributed by atoms with E-state index >= 15 is 0 Å². The molecule has 1 aromatic heterocycles. The van der Waals surface area contributed by atoms with Gasteiger partial charge in [0, 0.05) is 47.1 Å². The average molecular weight is 408 g/mol. The largest absolute Gasteiger partial charge is 0.373 e. The van der Waals surface area contributed by atoms with Crippen molar-refractivity contribution < 1.29 is 14.6 Å². The van der Waals surface area contributed by atoms with Crippen molar-refractivity contribution in [1.82, 2.24) is 4.98 Å². The molecule has 0 spiro atoms. The molecule has 2 rings (SSSR count). The maximum absolute atomic E-state index is 11.6. The molecule has 0 bridgehead atoms. The van der Waals surface area contributed by atoms with Crippen molar-refractivity contribution in [1.29, 1.82) is 0 Å². The second-order valence-corrected chi connectivity index (χ2v) is 6.75. The number of pyridine rings is 1. The molecule has 2 atom stereocenters. The first kappa shape index (κ1) is 21.7. The number of aliphatic hydroxyl groups is 1. The normalized spacial score (nSPS) is 14.3. The predicted molar refractivity (Wildman–Crippen MR) is 108 cm³/mol. The van der Waals surface area contributed by atoms with Gasteiger partial charge in [0.2, 0.25) is 6.29 Å². The van der Waals surface area contributed by atoms with E-state index in [0.29, 0.717) is 28.8 Å². The molecule has 0 radical (unpaired) electrons. The SMILES string of the molecule is CCOC(C#CC(O)(c1cccnc1)C(C)c1ccc(Cl)cc1Cl)OCC. The monoisotopic (exact) mass is 407 g/mol. The number of halogens is 2. The van der Waals surface area contributed by atoms with Gasteiger partial charge in [-0.25, -0.2) is 0 Å². The molecular weight excluding hydrogens is 385 g/mol. The zero-order valence-corrected chi connectivity index (χ0v) is 17.1. The smallest absolute Gasteiger partial charge is 0.222 e. The quantitative estimate of drug-likeness (QED) is 0.529. The van der Waals surface area contributed by atoms with Crippen LogP contribution in [0.2, 0.25) is 10.0 Å². The summed E-state index contributed by atoms with van der Waals surface area (Å²) in [5, 5.41) is 12.6. The predicted octanol–water partition coefficient (Wildman–Crippen LogP) is 4.78. The third kappa shape index (κ3) is 5.44. The second-order valence-electron chi connectivity index (χ2n) is 5.91. The van der Waals surface area contributed by atoms with Crippen LogP contribution in [-0.4, -0.2) is 29.6 Å². The van der Waals surface area contributed by atoms with Crippen molar-refractivity contribution in [2.75, 3.05) is 13.2 Å². The third-order valence-corrected chi connectivity index (χ3v) is 4.74. The lowest BCUT2D eigenvalue weighted by Crippen LogP contribution is -2.31. The van der Waals surface area contributed by atoms with E-state index in [2.05, 4.69) is 16.8 Å². The second kappa shape index (κ2) is 10.1. The molecule has 27 heavy (non-hydrogen) atoms. The van der Waals surface area contributed by atoms with E-state index in [1.807, 2.05) is 20.8 Å². The Bertz CT molecular complexity index is 798. The number of hydrogen-bond donors (Lipinski definition) is 1. The maximum Gasteiger partial charge on any atom is 0.222 e. The first-order valence-electron chi connectivity index (χ1n) is 8.76. The summed E-state index contributed by atoms with van der Waals surface area (Å²) in [7, 11) is 0. The molecule has 0 amide bonds. The minimum atomic E-state index is -1.54. The van der Waals surface area contributed by atoms with Crippen molar-refractivity contribution in [2.24, 2.45) is 0 Å². The number of hydrogen-bond acceptors (Lipinski definition) is 4. The van der Waals surface area contributed by atoms with Gasteiger partial charge in [0.25, 0.3) is 0 Å². The Morgan fingerprint density at radius 1 is 1.19 bits per heavy atom. The van der Waals surface area contributed by atoms with Crippen LogP contribution in [0.15, 0.2) is 42.7 Å². The van der Waals surface area contributed by atoms with Crippen LogP contribution >= 0.6 is 23.2 Å². The average Bonchev–Trinajstić information content (AvgIpc) is 2.66. The first-order chi connectivity index (χ1) is 12.9. The molecular formula is C21H23Cl2NO3. The van der Waals surface area contributed by atoms with Crippen molar-refractivity contribution >= 4 is 23.2 Å². The van der Waals surface area contributed by atoms with Gasteiger partial charge in [-0.05, 0) is 43.5 Å². The number of nitrogens with zero attached hydrogens (tertiary/aromatic N) is 1. The molecule has 0 saturated heterocycles. The molecule has 1 N–H and O–H groups in total. The Hall–Kier alpha value is -1.61. The molecule has 0 aliphatic heterocycles. The lowest BCUT2D eigenvalue weighted by Gasteiger charge is -2.30. The van der Waals surface area contributed by atoms with Crippen LogP contribution in [0.4, 0.5) is 0 Å². The van der Waals surface area contributed by atoms with E-state index in [1.165, 1.54) is 0 Å². The van der Waals surface area contributed by atoms with E-state index in [1.54, 1.807) is 42.7 Å². The summed E-state index contributed by atoms with van der Waals surface area (Å²) >= 11 is 12.4. The molecule has 1 heterocycles. The maximum atomic E-state index is 11.6. The number of benzene rings is 1. The van der Waals surface area contributed by atoms with E-state index in [-0.39, 0.29) is 0 Å². The van der Waals surface area contributed by atoms with Gasteiger partial charge in [-0.15, -0.1) is 0 Å². The van der Waals surface area contributed by atoms with Crippen LogP contribution in [-0.2, 0) is 15.1 Å². The summed E-state index contributed by atoms with van der Waals surface area (Å²) in [5.74, 6) is 5.39. The molecule has 1 aromatic carbocycles. The summed E-state index contributed by atoms with van der Waals surface area (Å²) in [6.07, 6.45) is 2.50. The van der Waals surface area contributed by atoms with Gasteiger partial charge >= 0.3 is 0 Å². The topological polar surface area (TPSA) is 51.6 Å². The Balaban J connectivity index is 2.51. The summed E-state index contributed by atoms with van der Waals surface area (Å²) in [5.41, 5.74) is -0.257. The highest BCUT2D eigenvalue weighted by molar-refractivity contribution is 6.35. The van der Waals surface area contributed by atoms with Gasteiger partial charge in [0.1, 0.15) is 0 Å². The number of rotatable bonds is 7. The standard InChI is InChI=1S/C21H23Cl2NO3/c1-4-26-20(27-5-2)10-11-21(25,16-7-6-12-24-14-16)15(3)18-9-8-17(22)13-19(18)23/h6-9,12-15,20,25H,4-5H2,1-3H3. The van der Waals surface area contributed by atoms with Gasteiger partial charge in [0.15, 0.2) is 5.60 Å². The Labute approximate surface area is 170 Å². The lowest BCUT2D eigenvalue weighted by molar-refractivity contribution is -0.0974. The molecule has 0 saturated carbocycles. The van der Waals surface area contributed by atoms with Gasteiger partial charge < -0.3 is 14.6 Å². The van der Waals surface area contributed by atoms with E-state index in [9.17, 15) is 5.11 Å². The summed E-state index contributed by atoms with van der Waals surface area (Å²) < 4.78 is 10.9. The highest BCUT2D eigenvalue weighted by Crippen LogP contribution is 2.39. The van der Waals surface area contributed by atoms with Crippen molar-refractivity contribution in [3.63, 3.8) is 0 Å². The van der Waals surface area contributed by atoms with Crippen LogP contribution in [0.5, 0.6) is 0 Å². The third-order valence-electron chi connectivity index (χ3n) is 4.17. The Kier molecular flexibility index (Phi) is 8.09. The van der Waals surface area contributed by atoms with Gasteiger partial charge in [-0.3, -0.25) is 4.98 Å². The summed E-state index contributed by atoms with van der Waals surface area (Å²) in [6, 6.07) is 8.70. The van der Waals surface area contributed by atoms with Crippen molar-refractivity contribution in [2.45, 2.75) is 38.6 Å². The number of aromatic nitrogens is 1. The molecule has 0 aliphatic carbocycles. The fourth-order valence-corrected chi connectivity index (χ4v) is 3.27. The fraction of sp³-hybridized carbons (Fsp3) is 0.381. The van der Waals surface area contributed by atoms with E-state index in [0.717, 1.165) is 5.56 Å². The minimum absolute atomic E-state index is 0.448. The minimum Gasteiger partial charge on any atom is -0.373 e. The van der Waals surface area contributed by atoms with Crippen molar-refractivity contribution in [3.8, 4) is 11.8 Å². The van der Waals surface area contributed by atoms with Gasteiger partial charge in [0.05, 0.1) is 0 Å². The molecule has 144 valence electrons. The van der Waals surface area contributed by atoms with Crippen LogP contribution in [0.25, 0.3) is 0 Å². The molecule has 0 fully saturated rings. The van der Waals surface area contributed by atoms with E-state index in [4.69, 9.17) is 32.7 Å². The van der Waals surface area contributed by atoms with Crippen LogP contribution in [0.1, 0.15) is 37.8 Å². The Morgan fingerprint density at radius 2 is 1.89 bits per heavy atom. The number of ether oxygens (including phenoxy) is 2.